The first-order valence-electron chi connectivity index (χ1n) is 10.2. The van der Waals surface area contributed by atoms with Crippen LogP contribution >= 0.6 is 0 Å². The molecular weight excluding hydrogens is 374 g/mol. The normalized spacial score (nSPS) is 19.3. The maximum atomic E-state index is 13.2. The van der Waals surface area contributed by atoms with Gasteiger partial charge in [0.1, 0.15) is 0 Å². The highest BCUT2D eigenvalue weighted by molar-refractivity contribution is 6.07. The highest BCUT2D eigenvalue weighted by Gasteiger charge is 2.35. The van der Waals surface area contributed by atoms with E-state index in [0.29, 0.717) is 17.8 Å². The number of carbonyl (C=O) groups excluding carboxylic acids is 2. The zero-order chi connectivity index (χ0) is 20.8. The van der Waals surface area contributed by atoms with E-state index < -0.39 is 0 Å². The summed E-state index contributed by atoms with van der Waals surface area (Å²) in [6.45, 7) is 4.80. The molecule has 150 valence electrons. The summed E-state index contributed by atoms with van der Waals surface area (Å²) in [5.41, 5.74) is 6.36. The Balaban J connectivity index is 1.51. The van der Waals surface area contributed by atoms with E-state index in [-0.39, 0.29) is 23.9 Å². The number of carbonyl (C=O) groups is 2. The lowest BCUT2D eigenvalue weighted by atomic mass is 9.94. The molecule has 0 radical (unpaired) electrons. The van der Waals surface area contributed by atoms with Gasteiger partial charge in [0, 0.05) is 35.0 Å². The van der Waals surface area contributed by atoms with Crippen molar-refractivity contribution in [2.75, 3.05) is 16.8 Å². The molecule has 3 aromatic rings. The summed E-state index contributed by atoms with van der Waals surface area (Å²) in [6, 6.07) is 21.0. The van der Waals surface area contributed by atoms with E-state index in [0.717, 1.165) is 22.4 Å². The Hall–Kier alpha value is -3.60. The van der Waals surface area contributed by atoms with Gasteiger partial charge in [-0.1, -0.05) is 55.5 Å². The lowest BCUT2D eigenvalue weighted by Gasteiger charge is -2.22. The number of amides is 3. The van der Waals surface area contributed by atoms with E-state index in [9.17, 15) is 9.59 Å². The van der Waals surface area contributed by atoms with Gasteiger partial charge in [-0.05, 0) is 41.8 Å². The van der Waals surface area contributed by atoms with Crippen molar-refractivity contribution in [2.24, 2.45) is 0 Å². The van der Waals surface area contributed by atoms with Crippen LogP contribution in [0.3, 0.4) is 0 Å². The predicted molar refractivity (Wildman–Crippen MR) is 118 cm³/mol. The smallest absolute Gasteiger partial charge is 0.326 e. The molecule has 3 aromatic carbocycles. The van der Waals surface area contributed by atoms with E-state index in [2.05, 4.69) is 23.6 Å². The summed E-state index contributed by atoms with van der Waals surface area (Å²) in [5.74, 6) is 0.172. The van der Waals surface area contributed by atoms with Crippen LogP contribution < -0.4 is 15.5 Å². The SMILES string of the molecule is Cc1ccccc1C1NC(=O)c2cccc(NC(=O)N3CC(C)c4ccccc43)c21. The molecule has 2 N–H and O–H groups in total. The van der Waals surface area contributed by atoms with Crippen LogP contribution in [-0.4, -0.2) is 18.5 Å². The molecule has 2 unspecified atom stereocenters. The Labute approximate surface area is 175 Å². The molecule has 3 amide bonds. The molecule has 2 heterocycles. The van der Waals surface area contributed by atoms with Crippen molar-refractivity contribution in [3.8, 4) is 0 Å². The van der Waals surface area contributed by atoms with Crippen LogP contribution in [0.2, 0.25) is 0 Å². The van der Waals surface area contributed by atoms with Crippen LogP contribution in [0.25, 0.3) is 0 Å². The monoisotopic (exact) mass is 397 g/mol. The second-order valence-corrected chi connectivity index (χ2v) is 8.03. The minimum atomic E-state index is -0.282. The van der Waals surface area contributed by atoms with Gasteiger partial charge >= 0.3 is 6.03 Å². The minimum Gasteiger partial charge on any atom is -0.341 e. The maximum Gasteiger partial charge on any atom is 0.326 e. The Bertz CT molecular complexity index is 1170. The van der Waals surface area contributed by atoms with Gasteiger partial charge in [-0.15, -0.1) is 0 Å². The van der Waals surface area contributed by atoms with E-state index in [4.69, 9.17) is 0 Å². The van der Waals surface area contributed by atoms with Crippen LogP contribution in [0.15, 0.2) is 66.7 Å². The van der Waals surface area contributed by atoms with Crippen LogP contribution in [-0.2, 0) is 0 Å². The predicted octanol–water partition coefficient (Wildman–Crippen LogP) is 4.98. The topological polar surface area (TPSA) is 61.4 Å². The molecule has 2 aliphatic heterocycles. The molecule has 5 heteroatoms. The van der Waals surface area contributed by atoms with E-state index in [1.165, 1.54) is 5.56 Å². The molecule has 2 atom stereocenters. The fraction of sp³-hybridized carbons (Fsp3) is 0.200. The Kier molecular flexibility index (Phi) is 4.31. The molecule has 0 aliphatic carbocycles. The van der Waals surface area contributed by atoms with Crippen LogP contribution in [0.5, 0.6) is 0 Å². The van der Waals surface area contributed by atoms with Gasteiger partial charge in [-0.2, -0.15) is 0 Å². The van der Waals surface area contributed by atoms with Crippen LogP contribution in [0, 0.1) is 6.92 Å². The number of aryl methyl sites for hydroxylation is 1. The van der Waals surface area contributed by atoms with Gasteiger partial charge in [0.2, 0.25) is 0 Å². The third-order valence-electron chi connectivity index (χ3n) is 6.12. The third kappa shape index (κ3) is 2.86. The Morgan fingerprint density at radius 1 is 1.00 bits per heavy atom. The van der Waals surface area contributed by atoms with Crippen molar-refractivity contribution in [3.05, 3.63) is 94.5 Å². The summed E-state index contributed by atoms with van der Waals surface area (Å²) >= 11 is 0. The molecule has 0 spiro atoms. The van der Waals surface area contributed by atoms with E-state index in [1.54, 1.807) is 4.90 Å². The van der Waals surface area contributed by atoms with E-state index in [1.807, 2.05) is 67.6 Å². The van der Waals surface area contributed by atoms with Crippen molar-refractivity contribution in [1.82, 2.24) is 5.32 Å². The number of anilines is 2. The molecule has 2 aliphatic rings. The average molecular weight is 397 g/mol. The van der Waals surface area contributed by atoms with E-state index >= 15 is 0 Å². The average Bonchev–Trinajstić information content (AvgIpc) is 3.27. The second kappa shape index (κ2) is 7.02. The van der Waals surface area contributed by atoms with Crippen LogP contribution in [0.1, 0.15) is 51.5 Å². The first kappa shape index (κ1) is 18.4. The van der Waals surface area contributed by atoms with Gasteiger partial charge < -0.3 is 10.6 Å². The molecule has 0 saturated carbocycles. The molecule has 30 heavy (non-hydrogen) atoms. The minimum absolute atomic E-state index is 0.116. The number of rotatable bonds is 2. The fourth-order valence-corrected chi connectivity index (χ4v) is 4.60. The number of nitrogens with one attached hydrogen (secondary N) is 2. The highest BCUT2D eigenvalue weighted by Crippen LogP contribution is 2.39. The summed E-state index contributed by atoms with van der Waals surface area (Å²) in [4.78, 5) is 27.6. The Morgan fingerprint density at radius 2 is 1.73 bits per heavy atom. The molecule has 5 rings (SSSR count). The number of nitrogens with zero attached hydrogens (tertiary/aromatic N) is 1. The second-order valence-electron chi connectivity index (χ2n) is 8.03. The lowest BCUT2D eigenvalue weighted by Crippen LogP contribution is -2.34. The van der Waals surface area contributed by atoms with Crippen molar-refractivity contribution < 1.29 is 9.59 Å². The molecule has 0 aromatic heterocycles. The highest BCUT2D eigenvalue weighted by atomic mass is 16.2. The summed E-state index contributed by atoms with van der Waals surface area (Å²) in [7, 11) is 0. The fourth-order valence-electron chi connectivity index (χ4n) is 4.60. The molecule has 0 fully saturated rings. The van der Waals surface area contributed by atoms with Crippen molar-refractivity contribution in [2.45, 2.75) is 25.8 Å². The van der Waals surface area contributed by atoms with Crippen molar-refractivity contribution >= 4 is 23.3 Å². The number of hydrogen-bond donors (Lipinski definition) is 2. The lowest BCUT2D eigenvalue weighted by molar-refractivity contribution is 0.0960. The van der Waals surface area contributed by atoms with Crippen molar-refractivity contribution in [3.63, 3.8) is 0 Å². The molecule has 5 nitrogen and oxygen atoms in total. The first-order valence-corrected chi connectivity index (χ1v) is 10.2. The third-order valence-corrected chi connectivity index (χ3v) is 6.12. The standard InChI is InChI=1S/C25H23N3O2/c1-15-8-3-4-10-18(15)23-22-19(24(29)27-23)11-7-12-20(22)26-25(30)28-14-16(2)17-9-5-6-13-21(17)28/h3-13,16,23H,14H2,1-2H3,(H,26,30)(H,27,29). The van der Waals surface area contributed by atoms with Gasteiger partial charge in [-0.25, -0.2) is 4.79 Å². The number of benzene rings is 3. The number of para-hydroxylation sites is 1. The van der Waals surface area contributed by atoms with Gasteiger partial charge in [0.25, 0.3) is 5.91 Å². The van der Waals surface area contributed by atoms with Gasteiger partial charge in [0.05, 0.1) is 6.04 Å². The van der Waals surface area contributed by atoms with Gasteiger partial charge in [-0.3, -0.25) is 9.69 Å². The largest absolute Gasteiger partial charge is 0.341 e. The molecular formula is C25H23N3O2. The first-order chi connectivity index (χ1) is 14.5. The zero-order valence-corrected chi connectivity index (χ0v) is 17.0. The van der Waals surface area contributed by atoms with Gasteiger partial charge in [0.15, 0.2) is 0 Å². The molecule has 0 bridgehead atoms. The Morgan fingerprint density at radius 3 is 2.53 bits per heavy atom. The number of hydrogen-bond acceptors (Lipinski definition) is 2. The quantitative estimate of drug-likeness (QED) is 0.640. The van der Waals surface area contributed by atoms with Crippen molar-refractivity contribution in [1.29, 1.82) is 0 Å². The summed E-state index contributed by atoms with van der Waals surface area (Å²) in [5, 5.41) is 6.16. The number of fused-ring (bicyclic) bond motifs is 2. The zero-order valence-electron chi connectivity index (χ0n) is 17.0. The summed E-state index contributed by atoms with van der Waals surface area (Å²) in [6.07, 6.45) is 0. The maximum absolute atomic E-state index is 13.2. The number of urea groups is 1. The van der Waals surface area contributed by atoms with Crippen LogP contribution in [0.4, 0.5) is 16.2 Å². The summed E-state index contributed by atoms with van der Waals surface area (Å²) < 4.78 is 0. The molecule has 0 saturated heterocycles.